The molecule has 0 spiro atoms. The quantitative estimate of drug-likeness (QED) is 0.587. The Bertz CT molecular complexity index is 1170. The van der Waals surface area contributed by atoms with Gasteiger partial charge in [0.15, 0.2) is 0 Å². The number of aryl methyl sites for hydroxylation is 1. The van der Waals surface area contributed by atoms with Crippen molar-refractivity contribution in [2.24, 2.45) is 5.92 Å². The van der Waals surface area contributed by atoms with Crippen LogP contribution in [-0.2, 0) is 16.1 Å². The number of benzene rings is 1. The third-order valence-corrected chi connectivity index (χ3v) is 4.78. The van der Waals surface area contributed by atoms with Gasteiger partial charge in [0.1, 0.15) is 24.0 Å². The number of pyridine rings is 1. The van der Waals surface area contributed by atoms with E-state index in [0.29, 0.717) is 22.7 Å². The van der Waals surface area contributed by atoms with Crippen molar-refractivity contribution in [3.63, 3.8) is 0 Å². The van der Waals surface area contributed by atoms with Crippen molar-refractivity contribution in [1.82, 2.24) is 14.7 Å². The second-order valence-corrected chi connectivity index (χ2v) is 7.52. The van der Waals surface area contributed by atoms with Crippen LogP contribution >= 0.6 is 0 Å². The van der Waals surface area contributed by atoms with Gasteiger partial charge in [-0.05, 0) is 36.6 Å². The van der Waals surface area contributed by atoms with Crippen molar-refractivity contribution >= 4 is 17.5 Å². The predicted molar refractivity (Wildman–Crippen MR) is 115 cm³/mol. The summed E-state index contributed by atoms with van der Waals surface area (Å²) >= 11 is 0. The number of nitrogens with one attached hydrogen (secondary N) is 1. The summed E-state index contributed by atoms with van der Waals surface area (Å²) in [5.41, 5.74) is 1.79. The van der Waals surface area contributed by atoms with E-state index in [1.807, 2.05) is 13.0 Å². The standard InChI is InChI=1S/C23H25N3O5/c1-14(2)21(25-22(28)17-7-5-6-8-18(17)30-4)23(29)31-13-16-11-20(27)26-12-15(3)9-10-19(26)24-16/h5-12,14,21H,13H2,1-4H3,(H,25,28)/t21-/m0/s1. The Morgan fingerprint density at radius 2 is 1.90 bits per heavy atom. The molecule has 1 amide bonds. The first-order chi connectivity index (χ1) is 14.8. The Balaban J connectivity index is 1.72. The Morgan fingerprint density at radius 1 is 1.16 bits per heavy atom. The van der Waals surface area contributed by atoms with Gasteiger partial charge in [0, 0.05) is 12.3 Å². The monoisotopic (exact) mass is 423 g/mol. The number of ether oxygens (including phenoxy) is 2. The van der Waals surface area contributed by atoms with Crippen molar-refractivity contribution in [3.05, 3.63) is 75.8 Å². The Morgan fingerprint density at radius 3 is 2.61 bits per heavy atom. The summed E-state index contributed by atoms with van der Waals surface area (Å²) in [7, 11) is 1.47. The third-order valence-electron chi connectivity index (χ3n) is 4.78. The molecule has 0 saturated heterocycles. The van der Waals surface area contributed by atoms with Gasteiger partial charge in [0.25, 0.3) is 11.5 Å². The van der Waals surface area contributed by atoms with Crippen molar-refractivity contribution in [2.45, 2.75) is 33.4 Å². The molecule has 0 fully saturated rings. The number of amides is 1. The minimum atomic E-state index is -0.874. The molecule has 3 rings (SSSR count). The highest BCUT2D eigenvalue weighted by Gasteiger charge is 2.27. The van der Waals surface area contributed by atoms with Crippen LogP contribution in [-0.4, -0.2) is 34.4 Å². The minimum absolute atomic E-state index is 0.174. The zero-order valence-electron chi connectivity index (χ0n) is 17.9. The lowest BCUT2D eigenvalue weighted by molar-refractivity contribution is -0.148. The molecule has 0 aliphatic rings. The van der Waals surface area contributed by atoms with Crippen LogP contribution in [0.5, 0.6) is 5.75 Å². The van der Waals surface area contributed by atoms with Gasteiger partial charge in [-0.25, -0.2) is 9.78 Å². The Kier molecular flexibility index (Phi) is 6.69. The summed E-state index contributed by atoms with van der Waals surface area (Å²) in [4.78, 5) is 42.1. The van der Waals surface area contributed by atoms with E-state index in [2.05, 4.69) is 10.3 Å². The van der Waals surface area contributed by atoms with Crippen molar-refractivity contribution in [2.75, 3.05) is 7.11 Å². The fraction of sp³-hybridized carbons (Fsp3) is 0.304. The van der Waals surface area contributed by atoms with Crippen LogP contribution < -0.4 is 15.6 Å². The molecular formula is C23H25N3O5. The summed E-state index contributed by atoms with van der Waals surface area (Å²) in [6.07, 6.45) is 1.70. The van der Waals surface area contributed by atoms with Crippen LogP contribution in [0.4, 0.5) is 0 Å². The molecule has 0 unspecified atom stereocenters. The van der Waals surface area contributed by atoms with E-state index >= 15 is 0 Å². The summed E-state index contributed by atoms with van der Waals surface area (Å²) in [5.74, 6) is -0.856. The number of hydrogen-bond donors (Lipinski definition) is 1. The zero-order chi connectivity index (χ0) is 22.5. The fourth-order valence-electron chi connectivity index (χ4n) is 3.12. The molecule has 0 bridgehead atoms. The largest absolute Gasteiger partial charge is 0.496 e. The van der Waals surface area contributed by atoms with Gasteiger partial charge in [0.2, 0.25) is 0 Å². The van der Waals surface area contributed by atoms with Crippen molar-refractivity contribution in [1.29, 1.82) is 0 Å². The smallest absolute Gasteiger partial charge is 0.329 e. The van der Waals surface area contributed by atoms with Crippen LogP contribution in [0.2, 0.25) is 0 Å². The maximum absolute atomic E-state index is 12.7. The SMILES string of the molecule is COc1ccccc1C(=O)N[C@H](C(=O)OCc1cc(=O)n2cc(C)ccc2n1)C(C)C. The minimum Gasteiger partial charge on any atom is -0.496 e. The molecule has 2 aromatic heterocycles. The Hall–Kier alpha value is -3.68. The van der Waals surface area contributed by atoms with E-state index in [-0.39, 0.29) is 18.1 Å². The van der Waals surface area contributed by atoms with E-state index in [9.17, 15) is 14.4 Å². The van der Waals surface area contributed by atoms with Crippen LogP contribution in [0.25, 0.3) is 5.65 Å². The number of carbonyl (C=O) groups excluding carboxylic acids is 2. The number of rotatable bonds is 7. The summed E-state index contributed by atoms with van der Waals surface area (Å²) in [6, 6.07) is 10.8. The maximum atomic E-state index is 12.7. The fourth-order valence-corrected chi connectivity index (χ4v) is 3.12. The van der Waals surface area contributed by atoms with Crippen LogP contribution in [0.3, 0.4) is 0 Å². The van der Waals surface area contributed by atoms with Gasteiger partial charge in [0.05, 0.1) is 18.4 Å². The summed E-state index contributed by atoms with van der Waals surface area (Å²) < 4.78 is 12.0. The molecule has 8 heteroatoms. The average Bonchev–Trinajstić information content (AvgIpc) is 2.75. The highest BCUT2D eigenvalue weighted by Crippen LogP contribution is 2.18. The number of para-hydroxylation sites is 1. The van der Waals surface area contributed by atoms with Crippen LogP contribution in [0.1, 0.15) is 35.5 Å². The molecule has 2 heterocycles. The first-order valence-electron chi connectivity index (χ1n) is 9.89. The van der Waals surface area contributed by atoms with E-state index in [4.69, 9.17) is 9.47 Å². The summed E-state index contributed by atoms with van der Waals surface area (Å²) in [6.45, 7) is 5.31. The van der Waals surface area contributed by atoms with Gasteiger partial charge in [-0.2, -0.15) is 0 Å². The number of carbonyl (C=O) groups is 2. The topological polar surface area (TPSA) is 99.0 Å². The number of aromatic nitrogens is 2. The van der Waals surface area contributed by atoms with Gasteiger partial charge < -0.3 is 14.8 Å². The number of hydrogen-bond acceptors (Lipinski definition) is 6. The highest BCUT2D eigenvalue weighted by molar-refractivity contribution is 5.99. The van der Waals surface area contributed by atoms with Crippen LogP contribution in [0.15, 0.2) is 53.5 Å². The first kappa shape index (κ1) is 22.0. The second-order valence-electron chi connectivity index (χ2n) is 7.52. The maximum Gasteiger partial charge on any atom is 0.329 e. The molecule has 0 radical (unpaired) electrons. The van der Waals surface area contributed by atoms with E-state index in [0.717, 1.165) is 5.56 Å². The lowest BCUT2D eigenvalue weighted by Gasteiger charge is -2.21. The summed E-state index contributed by atoms with van der Waals surface area (Å²) in [5, 5.41) is 2.71. The van der Waals surface area contributed by atoms with Gasteiger partial charge >= 0.3 is 5.97 Å². The molecule has 0 aliphatic carbocycles. The molecule has 0 saturated carbocycles. The van der Waals surface area contributed by atoms with Gasteiger partial charge in [-0.3, -0.25) is 14.0 Å². The lowest BCUT2D eigenvalue weighted by atomic mass is 10.0. The van der Waals surface area contributed by atoms with Crippen molar-refractivity contribution < 1.29 is 19.1 Å². The van der Waals surface area contributed by atoms with Crippen molar-refractivity contribution in [3.8, 4) is 5.75 Å². The average molecular weight is 423 g/mol. The molecule has 3 aromatic rings. The Labute approximate surface area is 179 Å². The molecule has 31 heavy (non-hydrogen) atoms. The number of nitrogens with zero attached hydrogens (tertiary/aromatic N) is 2. The molecule has 1 N–H and O–H groups in total. The zero-order valence-corrected chi connectivity index (χ0v) is 17.9. The highest BCUT2D eigenvalue weighted by atomic mass is 16.5. The van der Waals surface area contributed by atoms with E-state index in [1.165, 1.54) is 17.6 Å². The van der Waals surface area contributed by atoms with Gasteiger partial charge in [-0.1, -0.05) is 32.0 Å². The molecular weight excluding hydrogens is 398 g/mol. The van der Waals surface area contributed by atoms with Crippen LogP contribution in [0, 0.1) is 12.8 Å². The van der Waals surface area contributed by atoms with E-state index < -0.39 is 17.9 Å². The molecule has 1 aromatic carbocycles. The predicted octanol–water partition coefficient (Wildman–Crippen LogP) is 2.51. The molecule has 162 valence electrons. The lowest BCUT2D eigenvalue weighted by Crippen LogP contribution is -2.45. The molecule has 0 aliphatic heterocycles. The third kappa shape index (κ3) is 5.09. The number of methoxy groups -OCH3 is 1. The first-order valence-corrected chi connectivity index (χ1v) is 9.89. The molecule has 8 nitrogen and oxygen atoms in total. The van der Waals surface area contributed by atoms with Gasteiger partial charge in [-0.15, -0.1) is 0 Å². The second kappa shape index (κ2) is 9.42. The van der Waals surface area contributed by atoms with E-state index in [1.54, 1.807) is 50.4 Å². The molecule has 1 atom stereocenters. The normalized spacial score (nSPS) is 11.9. The number of esters is 1. The number of fused-ring (bicyclic) bond motifs is 1.